The number of carbonyl (C=O) groups is 1. The first-order valence-electron chi connectivity index (χ1n) is 7.15. The minimum absolute atomic E-state index is 0.115. The Morgan fingerprint density at radius 3 is 2.68 bits per heavy atom. The highest BCUT2D eigenvalue weighted by atomic mass is 35.5. The summed E-state index contributed by atoms with van der Waals surface area (Å²) in [5.74, 6) is 1.17. The molecule has 2 aliphatic rings. The van der Waals surface area contributed by atoms with Gasteiger partial charge in [-0.25, -0.2) is 0 Å². The molecular weight excluding hydrogens is 302 g/mol. The third kappa shape index (κ3) is 2.29. The molecule has 1 saturated carbocycles. The summed E-state index contributed by atoms with van der Waals surface area (Å²) in [6.07, 6.45) is 1.84. The second kappa shape index (κ2) is 4.92. The highest BCUT2D eigenvalue weighted by Crippen LogP contribution is 2.46. The van der Waals surface area contributed by atoms with Crippen molar-refractivity contribution in [2.45, 2.75) is 18.4 Å². The van der Waals surface area contributed by atoms with Gasteiger partial charge in [0.1, 0.15) is 0 Å². The van der Waals surface area contributed by atoms with E-state index in [4.69, 9.17) is 21.1 Å². The van der Waals surface area contributed by atoms with Crippen molar-refractivity contribution < 1.29 is 14.3 Å². The number of hydrogen-bond acceptors (Lipinski definition) is 3. The molecule has 2 aromatic rings. The SMILES string of the molecule is O=C(NC1(c2cccc(Cl)c2)CC1)c1ccc2c(c1)OCO2. The van der Waals surface area contributed by atoms with Crippen LogP contribution < -0.4 is 14.8 Å². The molecule has 112 valence electrons. The Morgan fingerprint density at radius 1 is 1.09 bits per heavy atom. The van der Waals surface area contributed by atoms with Crippen LogP contribution in [0.25, 0.3) is 0 Å². The number of benzene rings is 2. The second-order valence-electron chi connectivity index (χ2n) is 5.61. The fraction of sp³-hybridized carbons (Fsp3) is 0.235. The van der Waals surface area contributed by atoms with Gasteiger partial charge in [0.15, 0.2) is 11.5 Å². The van der Waals surface area contributed by atoms with Crippen LogP contribution in [0.15, 0.2) is 42.5 Å². The van der Waals surface area contributed by atoms with Gasteiger partial charge in [0, 0.05) is 10.6 Å². The van der Waals surface area contributed by atoms with Crippen molar-refractivity contribution in [1.82, 2.24) is 5.32 Å². The Balaban J connectivity index is 1.57. The maximum atomic E-state index is 12.5. The highest BCUT2D eigenvalue weighted by Gasteiger charge is 2.45. The summed E-state index contributed by atoms with van der Waals surface area (Å²) in [6.45, 7) is 0.201. The quantitative estimate of drug-likeness (QED) is 0.943. The van der Waals surface area contributed by atoms with Crippen LogP contribution in [-0.4, -0.2) is 12.7 Å². The van der Waals surface area contributed by atoms with E-state index in [9.17, 15) is 4.79 Å². The molecule has 0 radical (unpaired) electrons. The lowest BCUT2D eigenvalue weighted by molar-refractivity contribution is 0.0930. The summed E-state index contributed by atoms with van der Waals surface area (Å²) < 4.78 is 10.6. The molecule has 1 fully saturated rings. The van der Waals surface area contributed by atoms with Gasteiger partial charge in [-0.05, 0) is 48.7 Å². The smallest absolute Gasteiger partial charge is 0.252 e. The molecule has 0 saturated heterocycles. The van der Waals surface area contributed by atoms with Gasteiger partial charge in [0.2, 0.25) is 6.79 Å². The number of hydrogen-bond donors (Lipinski definition) is 1. The van der Waals surface area contributed by atoms with Crippen LogP contribution in [0.1, 0.15) is 28.8 Å². The van der Waals surface area contributed by atoms with E-state index < -0.39 is 0 Å². The maximum Gasteiger partial charge on any atom is 0.252 e. The molecular formula is C17H14ClNO3. The van der Waals surface area contributed by atoms with Crippen LogP contribution in [0.5, 0.6) is 11.5 Å². The van der Waals surface area contributed by atoms with Gasteiger partial charge in [0.05, 0.1) is 5.54 Å². The standard InChI is InChI=1S/C17H14ClNO3/c18-13-3-1-2-12(9-13)17(6-7-17)19-16(20)11-4-5-14-15(8-11)22-10-21-14/h1-5,8-9H,6-7,10H2,(H,19,20). The van der Waals surface area contributed by atoms with Crippen molar-refractivity contribution in [3.05, 3.63) is 58.6 Å². The van der Waals surface area contributed by atoms with Crippen LogP contribution in [0.4, 0.5) is 0 Å². The molecule has 0 aromatic heterocycles. The summed E-state index contributed by atoms with van der Waals surface area (Å²) in [4.78, 5) is 12.5. The van der Waals surface area contributed by atoms with Gasteiger partial charge >= 0.3 is 0 Å². The van der Waals surface area contributed by atoms with Gasteiger partial charge in [-0.1, -0.05) is 23.7 Å². The van der Waals surface area contributed by atoms with Crippen molar-refractivity contribution in [1.29, 1.82) is 0 Å². The van der Waals surface area contributed by atoms with E-state index in [0.717, 1.165) is 18.4 Å². The third-order valence-corrected chi connectivity index (χ3v) is 4.35. The summed E-state index contributed by atoms with van der Waals surface area (Å²) in [5.41, 5.74) is 1.32. The molecule has 1 N–H and O–H groups in total. The molecule has 0 bridgehead atoms. The van der Waals surface area contributed by atoms with Crippen molar-refractivity contribution in [2.75, 3.05) is 6.79 Å². The zero-order valence-corrected chi connectivity index (χ0v) is 12.5. The van der Waals surface area contributed by atoms with Gasteiger partial charge in [0.25, 0.3) is 5.91 Å². The summed E-state index contributed by atoms with van der Waals surface area (Å²) >= 11 is 6.05. The molecule has 22 heavy (non-hydrogen) atoms. The van der Waals surface area contributed by atoms with E-state index in [1.807, 2.05) is 24.3 Å². The van der Waals surface area contributed by atoms with Gasteiger partial charge < -0.3 is 14.8 Å². The molecule has 1 heterocycles. The fourth-order valence-electron chi connectivity index (χ4n) is 2.72. The van der Waals surface area contributed by atoms with Crippen molar-refractivity contribution in [3.8, 4) is 11.5 Å². The first kappa shape index (κ1) is 13.5. The van der Waals surface area contributed by atoms with Crippen LogP contribution >= 0.6 is 11.6 Å². The second-order valence-corrected chi connectivity index (χ2v) is 6.05. The average molecular weight is 316 g/mol. The van der Waals surface area contributed by atoms with Crippen LogP contribution in [0.2, 0.25) is 5.02 Å². The van der Waals surface area contributed by atoms with E-state index >= 15 is 0 Å². The van der Waals surface area contributed by atoms with E-state index in [1.54, 1.807) is 18.2 Å². The fourth-order valence-corrected chi connectivity index (χ4v) is 2.91. The summed E-state index contributed by atoms with van der Waals surface area (Å²) in [6, 6.07) is 12.9. The first-order valence-corrected chi connectivity index (χ1v) is 7.52. The van der Waals surface area contributed by atoms with Crippen molar-refractivity contribution in [2.24, 2.45) is 0 Å². The largest absolute Gasteiger partial charge is 0.454 e. The highest BCUT2D eigenvalue weighted by molar-refractivity contribution is 6.30. The molecule has 5 heteroatoms. The molecule has 1 aliphatic heterocycles. The predicted octanol–water partition coefficient (Wildman–Crippen LogP) is 3.49. The van der Waals surface area contributed by atoms with Crippen molar-refractivity contribution >= 4 is 17.5 Å². The molecule has 0 spiro atoms. The molecule has 0 unspecified atom stereocenters. The summed E-state index contributed by atoms with van der Waals surface area (Å²) in [5, 5.41) is 3.81. The number of halogens is 1. The Hall–Kier alpha value is -2.20. The number of amides is 1. The number of fused-ring (bicyclic) bond motifs is 1. The lowest BCUT2D eigenvalue weighted by Gasteiger charge is -2.18. The Labute approximate surface area is 133 Å². The molecule has 0 atom stereocenters. The van der Waals surface area contributed by atoms with E-state index in [0.29, 0.717) is 22.1 Å². The monoisotopic (exact) mass is 315 g/mol. The van der Waals surface area contributed by atoms with Crippen LogP contribution in [-0.2, 0) is 5.54 Å². The number of ether oxygens (including phenoxy) is 2. The lowest BCUT2D eigenvalue weighted by atomic mass is 10.0. The maximum absolute atomic E-state index is 12.5. The zero-order chi connectivity index (χ0) is 15.2. The van der Waals surface area contributed by atoms with Crippen LogP contribution in [0.3, 0.4) is 0 Å². The van der Waals surface area contributed by atoms with E-state index in [2.05, 4.69) is 5.32 Å². The Bertz CT molecular complexity index is 755. The Kier molecular flexibility index (Phi) is 3.01. The minimum Gasteiger partial charge on any atom is -0.454 e. The summed E-state index contributed by atoms with van der Waals surface area (Å²) in [7, 11) is 0. The first-order chi connectivity index (χ1) is 10.7. The molecule has 2 aromatic carbocycles. The minimum atomic E-state index is -0.293. The lowest BCUT2D eigenvalue weighted by Crippen LogP contribution is -2.34. The average Bonchev–Trinajstić information content (AvgIpc) is 3.14. The normalized spacial score (nSPS) is 17.1. The molecule has 4 rings (SSSR count). The number of nitrogens with one attached hydrogen (secondary N) is 1. The molecule has 1 amide bonds. The number of carbonyl (C=O) groups excluding carboxylic acids is 1. The van der Waals surface area contributed by atoms with E-state index in [1.165, 1.54) is 0 Å². The topological polar surface area (TPSA) is 47.6 Å². The van der Waals surface area contributed by atoms with Gasteiger partial charge in [-0.15, -0.1) is 0 Å². The van der Waals surface area contributed by atoms with E-state index in [-0.39, 0.29) is 18.2 Å². The third-order valence-electron chi connectivity index (χ3n) is 4.11. The van der Waals surface area contributed by atoms with Crippen molar-refractivity contribution in [3.63, 3.8) is 0 Å². The number of rotatable bonds is 3. The molecule has 4 nitrogen and oxygen atoms in total. The predicted molar refractivity (Wildman–Crippen MR) is 82.4 cm³/mol. The van der Waals surface area contributed by atoms with Crippen LogP contribution in [0, 0.1) is 0 Å². The zero-order valence-electron chi connectivity index (χ0n) is 11.8. The van der Waals surface area contributed by atoms with Gasteiger partial charge in [-0.2, -0.15) is 0 Å². The van der Waals surface area contributed by atoms with Gasteiger partial charge in [-0.3, -0.25) is 4.79 Å². The molecule has 1 aliphatic carbocycles. The Morgan fingerprint density at radius 2 is 1.91 bits per heavy atom.